The van der Waals surface area contributed by atoms with E-state index < -0.39 is 0 Å². The predicted octanol–water partition coefficient (Wildman–Crippen LogP) is 1.19. The van der Waals surface area contributed by atoms with E-state index in [-0.39, 0.29) is 5.78 Å². The van der Waals surface area contributed by atoms with E-state index in [1.165, 1.54) is 6.82 Å². The summed E-state index contributed by atoms with van der Waals surface area (Å²) in [6.07, 6.45) is 0.667. The largest absolute Gasteiger partial charge is 0.300 e. The third-order valence-electron chi connectivity index (χ3n) is 0.498. The molecule has 0 aliphatic carbocycles. The van der Waals surface area contributed by atoms with Gasteiger partial charge in [0.1, 0.15) is 5.78 Å². The van der Waals surface area contributed by atoms with Crippen molar-refractivity contribution >= 4 is 13.6 Å². The number of carbonyl (C=O) groups excluding carboxylic acids is 1. The molecule has 0 aromatic heterocycles. The van der Waals surface area contributed by atoms with Crippen LogP contribution in [0, 0.1) is 0 Å². The van der Waals surface area contributed by atoms with Gasteiger partial charge in [-0.2, -0.15) is 0 Å². The summed E-state index contributed by atoms with van der Waals surface area (Å²) in [5.41, 5.74) is 0. The van der Waals surface area contributed by atoms with Crippen molar-refractivity contribution in [3.63, 3.8) is 0 Å². The van der Waals surface area contributed by atoms with E-state index in [0.29, 0.717) is 6.42 Å². The molecule has 7 heavy (non-hydrogen) atoms. The van der Waals surface area contributed by atoms with Crippen molar-refractivity contribution in [1.82, 2.24) is 0 Å². The minimum absolute atomic E-state index is 0.255. The lowest BCUT2D eigenvalue weighted by Gasteiger charge is -1.71. The van der Waals surface area contributed by atoms with Crippen molar-refractivity contribution in [2.75, 3.05) is 0 Å². The molecule has 0 aromatic carbocycles. The fourth-order valence-corrected chi connectivity index (χ4v) is 0. The number of hydrogen-bond donors (Lipinski definition) is 0. The van der Waals surface area contributed by atoms with E-state index in [4.69, 9.17) is 0 Å². The zero-order valence-corrected chi connectivity index (χ0v) is 5.19. The van der Waals surface area contributed by atoms with Crippen molar-refractivity contribution in [2.24, 2.45) is 0 Å². The van der Waals surface area contributed by atoms with Crippen LogP contribution in [0.1, 0.15) is 20.3 Å². The SMILES string of the molecule is CCC(C)=O.[B]C. The number of ketones is 1. The molecule has 40 valence electrons. The van der Waals surface area contributed by atoms with Crippen LogP contribution in [0.5, 0.6) is 0 Å². The van der Waals surface area contributed by atoms with Gasteiger partial charge in [0, 0.05) is 6.42 Å². The highest BCUT2D eigenvalue weighted by Gasteiger charge is 1.76. The molecule has 2 heteroatoms. The van der Waals surface area contributed by atoms with Crippen LogP contribution < -0.4 is 0 Å². The summed E-state index contributed by atoms with van der Waals surface area (Å²) in [7, 11) is 4.50. The molecule has 0 aromatic rings. The highest BCUT2D eigenvalue weighted by atomic mass is 16.1. The first kappa shape index (κ1) is 9.88. The maximum Gasteiger partial charge on any atom is 0.129 e. The Labute approximate surface area is 46.5 Å². The van der Waals surface area contributed by atoms with Gasteiger partial charge in [0.15, 0.2) is 0 Å². The topological polar surface area (TPSA) is 17.1 Å². The van der Waals surface area contributed by atoms with Gasteiger partial charge in [-0.25, -0.2) is 0 Å². The monoisotopic (exact) mass is 98.1 g/mol. The first-order valence-corrected chi connectivity index (χ1v) is 2.34. The summed E-state index contributed by atoms with van der Waals surface area (Å²) in [5.74, 6) is 0.255. The number of rotatable bonds is 1. The Morgan fingerprint density at radius 1 is 1.57 bits per heavy atom. The second-order valence-corrected chi connectivity index (χ2v) is 1.06. The van der Waals surface area contributed by atoms with Gasteiger partial charge in [0.05, 0.1) is 7.85 Å². The Bertz CT molecular complexity index is 43.3. The molecule has 0 spiro atoms. The molecule has 0 saturated heterocycles. The van der Waals surface area contributed by atoms with Gasteiger partial charge in [-0.1, -0.05) is 13.7 Å². The minimum atomic E-state index is 0.255. The second kappa shape index (κ2) is 9.22. The van der Waals surface area contributed by atoms with Crippen LogP contribution in [0.2, 0.25) is 6.82 Å². The Balaban J connectivity index is 0. The normalized spacial score (nSPS) is 6.14. The fraction of sp³-hybridized carbons (Fsp3) is 0.800. The molecule has 0 N–H and O–H groups in total. The number of hydrogen-bond acceptors (Lipinski definition) is 1. The molecule has 0 saturated carbocycles. The summed E-state index contributed by atoms with van der Waals surface area (Å²) in [6, 6.07) is 0. The molecule has 0 bridgehead atoms. The zero-order valence-electron chi connectivity index (χ0n) is 5.19. The number of carbonyl (C=O) groups is 1. The van der Waals surface area contributed by atoms with Gasteiger partial charge < -0.3 is 4.79 Å². The molecule has 0 heterocycles. The van der Waals surface area contributed by atoms with Crippen molar-refractivity contribution in [1.29, 1.82) is 0 Å². The van der Waals surface area contributed by atoms with Gasteiger partial charge in [-0.3, -0.25) is 0 Å². The first-order chi connectivity index (χ1) is 3.27. The first-order valence-electron chi connectivity index (χ1n) is 2.34. The summed E-state index contributed by atoms with van der Waals surface area (Å²) in [6.45, 7) is 4.93. The third kappa shape index (κ3) is 26.6. The molecule has 0 atom stereocenters. The molecule has 0 amide bonds. The predicted molar refractivity (Wildman–Crippen MR) is 32.6 cm³/mol. The molecule has 2 radical (unpaired) electrons. The van der Waals surface area contributed by atoms with Crippen molar-refractivity contribution < 1.29 is 4.79 Å². The van der Waals surface area contributed by atoms with Gasteiger partial charge in [0.2, 0.25) is 0 Å². The average Bonchev–Trinajstić information content (AvgIpc) is 1.73. The van der Waals surface area contributed by atoms with Crippen LogP contribution in [0.4, 0.5) is 0 Å². The van der Waals surface area contributed by atoms with Gasteiger partial charge in [0.25, 0.3) is 0 Å². The lowest BCUT2D eigenvalue weighted by Crippen LogP contribution is -1.80. The summed E-state index contributed by atoms with van der Waals surface area (Å²) < 4.78 is 0. The fourth-order valence-electron chi connectivity index (χ4n) is 0. The maximum atomic E-state index is 9.81. The van der Waals surface area contributed by atoms with Gasteiger partial charge in [-0.05, 0) is 6.92 Å². The molecule has 0 aliphatic rings. The quantitative estimate of drug-likeness (QED) is 0.450. The maximum absolute atomic E-state index is 9.81. The molecule has 0 fully saturated rings. The van der Waals surface area contributed by atoms with Crippen LogP contribution in [0.15, 0.2) is 0 Å². The molecular formula is C5H11BO. The van der Waals surface area contributed by atoms with Crippen molar-refractivity contribution in [3.8, 4) is 0 Å². The Hall–Kier alpha value is -0.265. The van der Waals surface area contributed by atoms with Gasteiger partial charge in [-0.15, -0.1) is 0 Å². The van der Waals surface area contributed by atoms with E-state index in [2.05, 4.69) is 7.85 Å². The third-order valence-corrected chi connectivity index (χ3v) is 0.498. The molecule has 0 rings (SSSR count). The van der Waals surface area contributed by atoms with Crippen LogP contribution in [-0.2, 0) is 4.79 Å². The summed E-state index contributed by atoms with van der Waals surface area (Å²) in [4.78, 5) is 9.81. The average molecular weight is 98.0 g/mol. The second-order valence-electron chi connectivity index (χ2n) is 1.06. The van der Waals surface area contributed by atoms with E-state index in [0.717, 1.165) is 0 Å². The Morgan fingerprint density at radius 2 is 1.71 bits per heavy atom. The van der Waals surface area contributed by atoms with Crippen LogP contribution in [0.25, 0.3) is 0 Å². The Kier molecular flexibility index (Phi) is 13.0. The van der Waals surface area contributed by atoms with E-state index in [1.807, 2.05) is 6.92 Å². The molecule has 1 nitrogen and oxygen atoms in total. The van der Waals surface area contributed by atoms with E-state index >= 15 is 0 Å². The smallest absolute Gasteiger partial charge is 0.129 e. The lowest BCUT2D eigenvalue weighted by molar-refractivity contribution is -0.116. The van der Waals surface area contributed by atoms with Crippen molar-refractivity contribution in [3.05, 3.63) is 0 Å². The highest BCUT2D eigenvalue weighted by molar-refractivity contribution is 6.05. The summed E-state index contributed by atoms with van der Waals surface area (Å²) >= 11 is 0. The number of Topliss-reactive ketones (excluding diaryl/α,β-unsaturated/α-hetero) is 1. The van der Waals surface area contributed by atoms with Gasteiger partial charge >= 0.3 is 0 Å². The Morgan fingerprint density at radius 3 is 1.71 bits per heavy atom. The molecule has 0 aliphatic heterocycles. The van der Waals surface area contributed by atoms with Crippen LogP contribution in [-0.4, -0.2) is 13.6 Å². The van der Waals surface area contributed by atoms with Crippen LogP contribution in [0.3, 0.4) is 0 Å². The molecule has 0 unspecified atom stereocenters. The molecular weight excluding hydrogens is 86.9 g/mol. The minimum Gasteiger partial charge on any atom is -0.300 e. The summed E-state index contributed by atoms with van der Waals surface area (Å²) in [5, 5.41) is 0. The van der Waals surface area contributed by atoms with E-state index in [1.54, 1.807) is 6.92 Å². The van der Waals surface area contributed by atoms with Crippen molar-refractivity contribution in [2.45, 2.75) is 27.1 Å². The lowest BCUT2D eigenvalue weighted by atomic mass is 10.2. The highest BCUT2D eigenvalue weighted by Crippen LogP contribution is 1.71. The zero-order chi connectivity index (χ0) is 6.28. The standard InChI is InChI=1S/C4H8O.CH3B/c1-3-4(2)5;1-2/h3H2,1-2H3;1H3. The van der Waals surface area contributed by atoms with Crippen LogP contribution >= 0.6 is 0 Å². The van der Waals surface area contributed by atoms with E-state index in [9.17, 15) is 4.79 Å².